The fourth-order valence-electron chi connectivity index (χ4n) is 3.74. The quantitative estimate of drug-likeness (QED) is 0.815. The molecule has 2 amide bonds. The number of nitrogens with zero attached hydrogens (tertiary/aromatic N) is 1. The van der Waals surface area contributed by atoms with Gasteiger partial charge in [-0.1, -0.05) is 49.6 Å². The van der Waals surface area contributed by atoms with Crippen LogP contribution in [0, 0.1) is 17.2 Å². The Hall–Kier alpha value is -2.35. The van der Waals surface area contributed by atoms with Gasteiger partial charge in [-0.2, -0.15) is 5.26 Å². The molecule has 2 N–H and O–H groups in total. The second-order valence-electron chi connectivity index (χ2n) is 6.83. The molecule has 0 aromatic heterocycles. The Morgan fingerprint density at radius 2 is 1.88 bits per heavy atom. The first-order chi connectivity index (χ1) is 11.7. The molecule has 126 valence electrons. The third-order valence-corrected chi connectivity index (χ3v) is 5.19. The lowest BCUT2D eigenvalue weighted by atomic mass is 9.80. The first-order valence-electron chi connectivity index (χ1n) is 8.68. The smallest absolute Gasteiger partial charge is 0.246 e. The third-order valence-electron chi connectivity index (χ3n) is 5.19. The summed E-state index contributed by atoms with van der Waals surface area (Å²) in [7, 11) is 0. The summed E-state index contributed by atoms with van der Waals surface area (Å²) >= 11 is 0. The van der Waals surface area contributed by atoms with Crippen LogP contribution < -0.4 is 10.6 Å². The summed E-state index contributed by atoms with van der Waals surface area (Å²) in [5.41, 5.74) is 0.347. The van der Waals surface area contributed by atoms with Crippen LogP contribution in [0.3, 0.4) is 0 Å². The molecule has 2 fully saturated rings. The zero-order chi connectivity index (χ0) is 17.0. The van der Waals surface area contributed by atoms with Crippen molar-refractivity contribution in [2.24, 2.45) is 5.92 Å². The summed E-state index contributed by atoms with van der Waals surface area (Å²) < 4.78 is 0. The van der Waals surface area contributed by atoms with E-state index in [9.17, 15) is 9.59 Å². The highest BCUT2D eigenvalue weighted by molar-refractivity contribution is 5.93. The highest BCUT2D eigenvalue weighted by Gasteiger charge is 2.48. The van der Waals surface area contributed by atoms with E-state index >= 15 is 0 Å². The average Bonchev–Trinajstić information content (AvgIpc) is 3.42. The Morgan fingerprint density at radius 1 is 1.17 bits per heavy atom. The first-order valence-corrected chi connectivity index (χ1v) is 8.68. The number of benzene rings is 1. The van der Waals surface area contributed by atoms with Gasteiger partial charge in [0.2, 0.25) is 11.8 Å². The monoisotopic (exact) mass is 325 g/mol. The van der Waals surface area contributed by atoms with Crippen LogP contribution >= 0.6 is 0 Å². The van der Waals surface area contributed by atoms with Crippen LogP contribution in [0.25, 0.3) is 0 Å². The van der Waals surface area contributed by atoms with Gasteiger partial charge in [-0.3, -0.25) is 9.59 Å². The van der Waals surface area contributed by atoms with Crippen LogP contribution in [0.5, 0.6) is 0 Å². The van der Waals surface area contributed by atoms with Crippen LogP contribution in [0.15, 0.2) is 30.3 Å². The van der Waals surface area contributed by atoms with E-state index in [2.05, 4.69) is 10.6 Å². The zero-order valence-corrected chi connectivity index (χ0v) is 13.8. The number of hydrogen-bond donors (Lipinski definition) is 2. The van der Waals surface area contributed by atoms with E-state index in [4.69, 9.17) is 5.26 Å². The molecule has 24 heavy (non-hydrogen) atoms. The van der Waals surface area contributed by atoms with Gasteiger partial charge in [0.15, 0.2) is 0 Å². The lowest BCUT2D eigenvalue weighted by Gasteiger charge is -2.36. The molecule has 3 rings (SSSR count). The lowest BCUT2D eigenvalue weighted by Crippen LogP contribution is -2.60. The molecule has 0 heterocycles. The van der Waals surface area contributed by atoms with E-state index in [0.717, 1.165) is 25.7 Å². The molecule has 0 saturated heterocycles. The van der Waals surface area contributed by atoms with Crippen LogP contribution in [-0.2, 0) is 9.59 Å². The van der Waals surface area contributed by atoms with Crippen molar-refractivity contribution in [2.45, 2.75) is 50.0 Å². The molecular formula is C19H23N3O2. The lowest BCUT2D eigenvalue weighted by molar-refractivity contribution is -0.135. The Balaban J connectivity index is 1.66. The van der Waals surface area contributed by atoms with Crippen LogP contribution in [0.4, 0.5) is 0 Å². The number of nitrogens with one attached hydrogen (secondary N) is 2. The highest BCUT2D eigenvalue weighted by Crippen LogP contribution is 2.48. The predicted octanol–water partition coefficient (Wildman–Crippen LogP) is 2.25. The third kappa shape index (κ3) is 3.43. The van der Waals surface area contributed by atoms with Gasteiger partial charge in [-0.25, -0.2) is 0 Å². The Morgan fingerprint density at radius 3 is 2.54 bits per heavy atom. The number of carbonyl (C=O) groups is 2. The van der Waals surface area contributed by atoms with Gasteiger partial charge >= 0.3 is 0 Å². The molecule has 2 atom stereocenters. The topological polar surface area (TPSA) is 82.0 Å². The molecule has 0 spiro atoms. The SMILES string of the molecule is N#CCNC(=O)C1(NC(=O)[C@H]2C[C@@H]2c2ccccc2)CCCCC1. The van der Waals surface area contributed by atoms with Crippen molar-refractivity contribution in [3.63, 3.8) is 0 Å². The summed E-state index contributed by atoms with van der Waals surface area (Å²) in [6.07, 6.45) is 5.07. The van der Waals surface area contributed by atoms with Gasteiger partial charge in [0.1, 0.15) is 12.1 Å². The Kier molecular flexibility index (Phi) is 4.84. The van der Waals surface area contributed by atoms with E-state index in [-0.39, 0.29) is 30.2 Å². The summed E-state index contributed by atoms with van der Waals surface area (Å²) in [5, 5.41) is 14.4. The Bertz CT molecular complexity index is 644. The van der Waals surface area contributed by atoms with E-state index < -0.39 is 5.54 Å². The van der Waals surface area contributed by atoms with Gasteiger partial charge in [0.25, 0.3) is 0 Å². The number of amides is 2. The van der Waals surface area contributed by atoms with Gasteiger partial charge in [-0.05, 0) is 30.7 Å². The minimum absolute atomic E-state index is 0.0213. The van der Waals surface area contributed by atoms with Crippen molar-refractivity contribution in [1.82, 2.24) is 10.6 Å². The van der Waals surface area contributed by atoms with Crippen molar-refractivity contribution in [3.8, 4) is 6.07 Å². The molecule has 5 nitrogen and oxygen atoms in total. The maximum Gasteiger partial charge on any atom is 0.246 e. The fraction of sp³-hybridized carbons (Fsp3) is 0.526. The molecule has 1 aromatic rings. The van der Waals surface area contributed by atoms with E-state index in [1.165, 1.54) is 5.56 Å². The van der Waals surface area contributed by atoms with Crippen molar-refractivity contribution in [3.05, 3.63) is 35.9 Å². The number of hydrogen-bond acceptors (Lipinski definition) is 3. The molecule has 0 aliphatic heterocycles. The molecular weight excluding hydrogens is 302 g/mol. The molecule has 1 aromatic carbocycles. The van der Waals surface area contributed by atoms with Crippen LogP contribution in [0.2, 0.25) is 0 Å². The molecule has 5 heteroatoms. The van der Waals surface area contributed by atoms with Crippen LogP contribution in [0.1, 0.15) is 50.0 Å². The second kappa shape index (κ2) is 7.04. The largest absolute Gasteiger partial charge is 0.341 e. The van der Waals surface area contributed by atoms with Gasteiger partial charge in [0.05, 0.1) is 6.07 Å². The highest BCUT2D eigenvalue weighted by atomic mass is 16.2. The second-order valence-corrected chi connectivity index (χ2v) is 6.83. The maximum atomic E-state index is 12.7. The zero-order valence-electron chi connectivity index (χ0n) is 13.8. The molecule has 2 aliphatic rings. The summed E-state index contributed by atoms with van der Waals surface area (Å²) in [6.45, 7) is -0.0213. The van der Waals surface area contributed by atoms with Gasteiger partial charge in [0, 0.05) is 5.92 Å². The first kappa shape index (κ1) is 16.5. The van der Waals surface area contributed by atoms with E-state index in [1.54, 1.807) is 0 Å². The summed E-state index contributed by atoms with van der Waals surface area (Å²) in [4.78, 5) is 25.2. The average molecular weight is 325 g/mol. The fourth-order valence-corrected chi connectivity index (χ4v) is 3.74. The van der Waals surface area contributed by atoms with E-state index in [1.807, 2.05) is 36.4 Å². The Labute approximate surface area is 142 Å². The summed E-state index contributed by atoms with van der Waals surface area (Å²) in [5.74, 6) is -0.0316. The van der Waals surface area contributed by atoms with Crippen molar-refractivity contribution >= 4 is 11.8 Å². The molecule has 0 unspecified atom stereocenters. The standard InChI is InChI=1S/C19H23N3O2/c20-11-12-21-18(24)19(9-5-2-6-10-19)22-17(23)16-13-15(16)14-7-3-1-4-8-14/h1,3-4,7-8,15-16H,2,5-6,9-10,12-13H2,(H,21,24)(H,22,23)/t15-,16+/m1/s1. The number of carbonyl (C=O) groups excluding carboxylic acids is 2. The minimum Gasteiger partial charge on any atom is -0.341 e. The molecule has 0 bridgehead atoms. The number of nitriles is 1. The van der Waals surface area contributed by atoms with Gasteiger partial charge < -0.3 is 10.6 Å². The molecule has 2 aliphatic carbocycles. The van der Waals surface area contributed by atoms with Crippen LogP contribution in [-0.4, -0.2) is 23.9 Å². The number of rotatable bonds is 5. The van der Waals surface area contributed by atoms with Gasteiger partial charge in [-0.15, -0.1) is 0 Å². The summed E-state index contributed by atoms with van der Waals surface area (Å²) in [6, 6.07) is 12.0. The van der Waals surface area contributed by atoms with Crippen molar-refractivity contribution in [1.29, 1.82) is 5.26 Å². The predicted molar refractivity (Wildman–Crippen MR) is 89.9 cm³/mol. The maximum absolute atomic E-state index is 12.7. The normalized spacial score (nSPS) is 24.5. The van der Waals surface area contributed by atoms with E-state index in [0.29, 0.717) is 12.8 Å². The van der Waals surface area contributed by atoms with Crippen molar-refractivity contribution in [2.75, 3.05) is 6.54 Å². The minimum atomic E-state index is -0.837. The van der Waals surface area contributed by atoms with Crippen molar-refractivity contribution < 1.29 is 9.59 Å². The molecule has 2 saturated carbocycles. The molecule has 0 radical (unpaired) electrons.